The highest BCUT2D eigenvalue weighted by Gasteiger charge is 2.46. The number of aliphatic hydroxyl groups excluding tert-OH is 1. The van der Waals surface area contributed by atoms with Crippen LogP contribution in [0.5, 0.6) is 5.75 Å². The van der Waals surface area contributed by atoms with Crippen LogP contribution >= 0.6 is 0 Å². The van der Waals surface area contributed by atoms with E-state index in [4.69, 9.17) is 4.74 Å². The Labute approximate surface area is 209 Å². The van der Waals surface area contributed by atoms with E-state index in [1.807, 2.05) is 57.2 Å². The Hall–Kier alpha value is -4.39. The minimum Gasteiger partial charge on any atom is -0.507 e. The fraction of sp³-hybridized carbons (Fsp3) is 0.207. The molecule has 0 saturated carbocycles. The molecule has 36 heavy (non-hydrogen) atoms. The lowest BCUT2D eigenvalue weighted by atomic mass is 9.94. The second-order valence-electron chi connectivity index (χ2n) is 9.22. The van der Waals surface area contributed by atoms with E-state index in [9.17, 15) is 14.7 Å². The Kier molecular flexibility index (Phi) is 6.06. The number of nitrogens with one attached hydrogen (secondary N) is 1. The number of ether oxygens (including phenoxy) is 1. The van der Waals surface area contributed by atoms with E-state index >= 15 is 0 Å². The van der Waals surface area contributed by atoms with Crippen LogP contribution in [0.3, 0.4) is 0 Å². The van der Waals surface area contributed by atoms with E-state index in [0.717, 1.165) is 27.6 Å². The molecule has 4 aromatic rings. The van der Waals surface area contributed by atoms with Crippen molar-refractivity contribution in [1.29, 1.82) is 0 Å². The van der Waals surface area contributed by atoms with Crippen LogP contribution in [0.15, 0.2) is 78.8 Å². The number of hydrogen-bond donors (Lipinski definition) is 2. The first-order chi connectivity index (χ1) is 17.3. The van der Waals surface area contributed by atoms with E-state index in [1.165, 1.54) is 4.90 Å². The summed E-state index contributed by atoms with van der Waals surface area (Å²) in [6.07, 6.45) is 5.11. The van der Waals surface area contributed by atoms with Crippen LogP contribution in [0.25, 0.3) is 16.7 Å². The van der Waals surface area contributed by atoms with Crippen molar-refractivity contribution in [3.63, 3.8) is 0 Å². The van der Waals surface area contributed by atoms with Gasteiger partial charge >= 0.3 is 0 Å². The number of nitrogens with zero attached hydrogens (tertiary/aromatic N) is 2. The van der Waals surface area contributed by atoms with Crippen LogP contribution in [0, 0.1) is 6.92 Å². The molecule has 2 aromatic carbocycles. The van der Waals surface area contributed by atoms with Crippen molar-refractivity contribution in [3.05, 3.63) is 101 Å². The number of carbonyl (C=O) groups excluding carboxylic acids is 2. The van der Waals surface area contributed by atoms with Crippen molar-refractivity contribution in [1.82, 2.24) is 14.9 Å². The van der Waals surface area contributed by atoms with Gasteiger partial charge in [-0.25, -0.2) is 0 Å². The first-order valence-electron chi connectivity index (χ1n) is 11.9. The molecule has 182 valence electrons. The van der Waals surface area contributed by atoms with Gasteiger partial charge in [0.2, 0.25) is 0 Å². The number of benzene rings is 2. The zero-order valence-corrected chi connectivity index (χ0v) is 20.4. The summed E-state index contributed by atoms with van der Waals surface area (Å²) in [6, 6.07) is 15.8. The largest absolute Gasteiger partial charge is 0.507 e. The lowest BCUT2D eigenvalue weighted by molar-refractivity contribution is -0.140. The number of Topliss-reactive ketones (excluding diaryl/α,β-unsaturated/α-hetero) is 1. The molecule has 3 heterocycles. The number of aliphatic hydroxyl groups is 1. The molecule has 2 N–H and O–H groups in total. The standard InChI is InChI=1S/C29H27N3O4/c1-17(2)36-24-9-8-20(14-18(24)3)27(33)25-26(22-15-31-23-7-5-4-6-21(22)23)32(29(35)28(25)34)16-19-10-12-30-13-11-19/h4-15,17,26,31,33H,16H2,1-3H3/b27-25+. The van der Waals surface area contributed by atoms with E-state index in [2.05, 4.69) is 9.97 Å². The molecule has 0 radical (unpaired) electrons. The average Bonchev–Trinajstić information content (AvgIpc) is 3.39. The molecule has 0 bridgehead atoms. The van der Waals surface area contributed by atoms with Crippen LogP contribution in [0.4, 0.5) is 0 Å². The molecule has 1 unspecified atom stereocenters. The molecule has 1 fully saturated rings. The predicted molar refractivity (Wildman–Crippen MR) is 137 cm³/mol. The fourth-order valence-corrected chi connectivity index (χ4v) is 4.71. The Balaban J connectivity index is 1.66. The lowest BCUT2D eigenvalue weighted by Crippen LogP contribution is -2.29. The quantitative estimate of drug-likeness (QED) is 0.222. The number of ketones is 1. The molecule has 1 amide bonds. The Morgan fingerprint density at radius 3 is 2.58 bits per heavy atom. The maximum atomic E-state index is 13.4. The Morgan fingerprint density at radius 1 is 1.11 bits per heavy atom. The molecule has 7 nitrogen and oxygen atoms in total. The topological polar surface area (TPSA) is 95.5 Å². The van der Waals surface area contributed by atoms with Crippen LogP contribution in [0.1, 0.15) is 42.1 Å². The number of H-pyrrole nitrogens is 1. The van der Waals surface area contributed by atoms with Crippen molar-refractivity contribution in [2.75, 3.05) is 0 Å². The van der Waals surface area contributed by atoms with Crippen LogP contribution in [0.2, 0.25) is 0 Å². The third-order valence-electron chi connectivity index (χ3n) is 6.37. The Bertz CT molecular complexity index is 1490. The molecule has 1 atom stereocenters. The van der Waals surface area contributed by atoms with Gasteiger partial charge in [-0.05, 0) is 68.3 Å². The molecule has 1 aliphatic heterocycles. The van der Waals surface area contributed by atoms with Crippen LogP contribution < -0.4 is 4.74 Å². The van der Waals surface area contributed by atoms with Gasteiger partial charge in [-0.3, -0.25) is 14.6 Å². The van der Waals surface area contributed by atoms with E-state index < -0.39 is 17.7 Å². The maximum absolute atomic E-state index is 13.4. The van der Waals surface area contributed by atoms with E-state index in [-0.39, 0.29) is 24.0 Å². The van der Waals surface area contributed by atoms with Crippen LogP contribution in [-0.2, 0) is 16.1 Å². The van der Waals surface area contributed by atoms with Gasteiger partial charge in [-0.2, -0.15) is 0 Å². The molecule has 1 aliphatic rings. The number of fused-ring (bicyclic) bond motifs is 1. The lowest BCUT2D eigenvalue weighted by Gasteiger charge is -2.25. The van der Waals surface area contributed by atoms with Crippen molar-refractivity contribution in [2.24, 2.45) is 0 Å². The minimum absolute atomic E-state index is 0.00327. The number of para-hydroxylation sites is 1. The average molecular weight is 482 g/mol. The molecular formula is C29H27N3O4. The summed E-state index contributed by atoms with van der Waals surface area (Å²) in [4.78, 5) is 35.5. The summed E-state index contributed by atoms with van der Waals surface area (Å²) in [6.45, 7) is 5.97. The van der Waals surface area contributed by atoms with Crippen molar-refractivity contribution in [2.45, 2.75) is 39.5 Å². The summed E-state index contributed by atoms with van der Waals surface area (Å²) in [5, 5.41) is 12.3. The number of aromatic amines is 1. The number of hydrogen-bond acceptors (Lipinski definition) is 5. The van der Waals surface area contributed by atoms with Gasteiger partial charge in [-0.1, -0.05) is 18.2 Å². The van der Waals surface area contributed by atoms with Gasteiger partial charge < -0.3 is 19.7 Å². The SMILES string of the molecule is Cc1cc(/C(O)=C2\C(=O)C(=O)N(Cc3ccncc3)C2c2c[nH]c3ccccc23)ccc1OC(C)C. The highest BCUT2D eigenvalue weighted by atomic mass is 16.5. The normalized spacial score (nSPS) is 17.3. The Morgan fingerprint density at radius 2 is 1.86 bits per heavy atom. The van der Waals surface area contributed by atoms with E-state index in [1.54, 1.807) is 36.8 Å². The third kappa shape index (κ3) is 4.13. The monoisotopic (exact) mass is 481 g/mol. The van der Waals surface area contributed by atoms with Crippen LogP contribution in [-0.4, -0.2) is 37.8 Å². The van der Waals surface area contributed by atoms with Gasteiger partial charge in [-0.15, -0.1) is 0 Å². The van der Waals surface area contributed by atoms with Crippen molar-refractivity contribution in [3.8, 4) is 5.75 Å². The summed E-state index contributed by atoms with van der Waals surface area (Å²) in [5.41, 5.74) is 3.81. The third-order valence-corrected chi connectivity index (χ3v) is 6.37. The predicted octanol–water partition coefficient (Wildman–Crippen LogP) is 5.28. The number of aromatic nitrogens is 2. The highest BCUT2D eigenvalue weighted by Crippen LogP contribution is 2.43. The molecule has 2 aromatic heterocycles. The molecule has 0 aliphatic carbocycles. The second kappa shape index (κ2) is 9.34. The van der Waals surface area contributed by atoms with Crippen molar-refractivity contribution >= 4 is 28.4 Å². The second-order valence-corrected chi connectivity index (χ2v) is 9.22. The number of rotatable bonds is 6. The van der Waals surface area contributed by atoms with Gasteiger partial charge in [0.1, 0.15) is 11.5 Å². The van der Waals surface area contributed by atoms with Crippen molar-refractivity contribution < 1.29 is 19.4 Å². The number of pyridine rings is 1. The molecule has 1 saturated heterocycles. The number of carbonyl (C=O) groups is 2. The molecular weight excluding hydrogens is 454 g/mol. The number of likely N-dealkylation sites (tertiary alicyclic amines) is 1. The van der Waals surface area contributed by atoms with Gasteiger partial charge in [0.25, 0.3) is 11.7 Å². The van der Waals surface area contributed by atoms with Gasteiger partial charge in [0, 0.05) is 47.2 Å². The number of amides is 1. The highest BCUT2D eigenvalue weighted by molar-refractivity contribution is 6.46. The first kappa shape index (κ1) is 23.4. The summed E-state index contributed by atoms with van der Waals surface area (Å²) in [5.74, 6) is -0.870. The smallest absolute Gasteiger partial charge is 0.295 e. The fourth-order valence-electron chi connectivity index (χ4n) is 4.71. The van der Waals surface area contributed by atoms with Gasteiger partial charge in [0.15, 0.2) is 0 Å². The first-order valence-corrected chi connectivity index (χ1v) is 11.9. The molecule has 7 heteroatoms. The zero-order valence-electron chi connectivity index (χ0n) is 20.4. The molecule has 5 rings (SSSR count). The number of aryl methyl sites for hydroxylation is 1. The maximum Gasteiger partial charge on any atom is 0.295 e. The van der Waals surface area contributed by atoms with E-state index in [0.29, 0.717) is 11.3 Å². The summed E-state index contributed by atoms with van der Waals surface area (Å²) >= 11 is 0. The summed E-state index contributed by atoms with van der Waals surface area (Å²) < 4.78 is 5.82. The zero-order chi connectivity index (χ0) is 25.4. The summed E-state index contributed by atoms with van der Waals surface area (Å²) in [7, 11) is 0. The molecule has 0 spiro atoms. The minimum atomic E-state index is -0.763. The van der Waals surface area contributed by atoms with Gasteiger partial charge in [0.05, 0.1) is 17.7 Å².